The lowest BCUT2D eigenvalue weighted by molar-refractivity contribution is -0.0959. The molecule has 106 valence electrons. The van der Waals surface area contributed by atoms with Crippen LogP contribution < -0.4 is 9.47 Å². The first-order valence-electron chi connectivity index (χ1n) is 4.88. The second kappa shape index (κ2) is 5.77. The van der Waals surface area contributed by atoms with Crippen LogP contribution in [0.25, 0.3) is 0 Å². The molecule has 1 aromatic rings. The Balaban J connectivity index is 3.38. The molecule has 0 fully saturated rings. The van der Waals surface area contributed by atoms with Gasteiger partial charge in [0.2, 0.25) is 5.78 Å². The molecule has 0 aliphatic carbocycles. The summed E-state index contributed by atoms with van der Waals surface area (Å²) >= 11 is 2.86. The molecule has 0 amide bonds. The van der Waals surface area contributed by atoms with Gasteiger partial charge >= 0.3 is 12.3 Å². The van der Waals surface area contributed by atoms with E-state index >= 15 is 0 Å². The van der Waals surface area contributed by atoms with E-state index in [0.717, 1.165) is 13.2 Å². The first-order chi connectivity index (χ1) is 8.75. The highest BCUT2D eigenvalue weighted by atomic mass is 79.9. The third kappa shape index (κ3) is 2.99. The Morgan fingerprint density at radius 3 is 2.26 bits per heavy atom. The van der Waals surface area contributed by atoms with Gasteiger partial charge in [0.1, 0.15) is 11.5 Å². The van der Waals surface area contributed by atoms with Gasteiger partial charge in [0.15, 0.2) is 0 Å². The van der Waals surface area contributed by atoms with Gasteiger partial charge in [-0.1, -0.05) is 0 Å². The summed E-state index contributed by atoms with van der Waals surface area (Å²) in [6, 6.07) is 2.36. The van der Waals surface area contributed by atoms with Crippen LogP contribution in [-0.2, 0) is 0 Å². The number of hydrogen-bond acceptors (Lipinski definition) is 3. The summed E-state index contributed by atoms with van der Waals surface area (Å²) < 4.78 is 60.1. The van der Waals surface area contributed by atoms with Crippen molar-refractivity contribution in [3.8, 4) is 11.5 Å². The lowest BCUT2D eigenvalue weighted by atomic mass is 10.0. The molecule has 1 rings (SSSR count). The molecule has 0 aliphatic rings. The Kier molecular flexibility index (Phi) is 4.78. The monoisotopic (exact) mass is 344 g/mol. The van der Waals surface area contributed by atoms with Crippen LogP contribution in [0.4, 0.5) is 17.6 Å². The number of benzene rings is 1. The van der Waals surface area contributed by atoms with Crippen molar-refractivity contribution >= 4 is 21.7 Å². The van der Waals surface area contributed by atoms with E-state index in [2.05, 4.69) is 15.9 Å². The van der Waals surface area contributed by atoms with Crippen molar-refractivity contribution in [2.75, 3.05) is 14.2 Å². The van der Waals surface area contributed by atoms with E-state index in [4.69, 9.17) is 9.47 Å². The average molecular weight is 345 g/mol. The first kappa shape index (κ1) is 15.7. The van der Waals surface area contributed by atoms with Crippen molar-refractivity contribution in [3.05, 3.63) is 22.2 Å². The molecule has 0 heterocycles. The number of hydrogen-bond donors (Lipinski definition) is 0. The number of ketones is 1. The van der Waals surface area contributed by atoms with Gasteiger partial charge in [-0.2, -0.15) is 8.78 Å². The third-order valence-electron chi connectivity index (χ3n) is 2.29. The number of rotatable bonds is 5. The zero-order valence-corrected chi connectivity index (χ0v) is 11.4. The highest BCUT2D eigenvalue weighted by molar-refractivity contribution is 9.10. The number of methoxy groups -OCH3 is 2. The van der Waals surface area contributed by atoms with Crippen LogP contribution in [0.5, 0.6) is 11.5 Å². The van der Waals surface area contributed by atoms with Crippen molar-refractivity contribution in [3.63, 3.8) is 0 Å². The topological polar surface area (TPSA) is 35.5 Å². The highest BCUT2D eigenvalue weighted by Crippen LogP contribution is 2.37. The minimum Gasteiger partial charge on any atom is -0.497 e. The van der Waals surface area contributed by atoms with Crippen LogP contribution in [0, 0.1) is 0 Å². The first-order valence-corrected chi connectivity index (χ1v) is 5.67. The molecule has 1 aromatic carbocycles. The lowest BCUT2D eigenvalue weighted by Crippen LogP contribution is -2.37. The maximum atomic E-state index is 13.1. The van der Waals surface area contributed by atoms with Crippen LogP contribution in [0.1, 0.15) is 10.4 Å². The summed E-state index contributed by atoms with van der Waals surface area (Å²) in [5, 5.41) is 0. The van der Waals surface area contributed by atoms with Gasteiger partial charge in [-0.25, -0.2) is 8.78 Å². The fourth-order valence-electron chi connectivity index (χ4n) is 1.32. The number of Topliss-reactive ketones (excluding diaryl/α,β-unsaturated/α-hetero) is 1. The Labute approximate surface area is 114 Å². The number of carbonyl (C=O) groups is 1. The molecule has 0 radical (unpaired) electrons. The van der Waals surface area contributed by atoms with Crippen LogP contribution in [-0.4, -0.2) is 32.4 Å². The molecule has 0 bridgehead atoms. The van der Waals surface area contributed by atoms with Gasteiger partial charge in [-0.15, -0.1) is 0 Å². The smallest absolute Gasteiger partial charge is 0.369 e. The standard InChI is InChI=1S/C11H9BrF4O3/c1-18-5-3-6(12)8(7(4-5)19-2)9(17)11(15,16)10(13)14/h3-4,10H,1-2H3. The molecule has 8 heteroatoms. The second-order valence-corrected chi connectivity index (χ2v) is 4.29. The van der Waals surface area contributed by atoms with E-state index < -0.39 is 23.7 Å². The van der Waals surface area contributed by atoms with Crippen LogP contribution in [0.15, 0.2) is 16.6 Å². The molecule has 0 N–H and O–H groups in total. The van der Waals surface area contributed by atoms with Gasteiger partial charge in [-0.3, -0.25) is 4.79 Å². The van der Waals surface area contributed by atoms with E-state index in [1.165, 1.54) is 13.2 Å². The minimum absolute atomic E-state index is 0.117. The number of alkyl halides is 4. The third-order valence-corrected chi connectivity index (χ3v) is 2.91. The Morgan fingerprint density at radius 1 is 1.26 bits per heavy atom. The zero-order chi connectivity index (χ0) is 14.8. The molecular weight excluding hydrogens is 336 g/mol. The normalized spacial score (nSPS) is 11.6. The molecule has 0 aromatic heterocycles. The van der Waals surface area contributed by atoms with E-state index in [0.29, 0.717) is 0 Å². The fourth-order valence-corrected chi connectivity index (χ4v) is 1.92. The van der Waals surface area contributed by atoms with Crippen LogP contribution in [0.3, 0.4) is 0 Å². The summed E-state index contributed by atoms with van der Waals surface area (Å²) in [6.45, 7) is 0. The maximum Gasteiger partial charge on any atom is 0.369 e. The Hall–Kier alpha value is -1.31. The molecule has 3 nitrogen and oxygen atoms in total. The zero-order valence-electron chi connectivity index (χ0n) is 9.85. The Morgan fingerprint density at radius 2 is 1.84 bits per heavy atom. The molecule has 0 spiro atoms. The summed E-state index contributed by atoms with van der Waals surface area (Å²) in [6.07, 6.45) is -4.10. The largest absolute Gasteiger partial charge is 0.497 e. The fraction of sp³-hybridized carbons (Fsp3) is 0.364. The molecule has 0 aliphatic heterocycles. The summed E-state index contributed by atoms with van der Waals surface area (Å²) in [7, 11) is 2.44. The van der Waals surface area contributed by atoms with E-state index in [1.54, 1.807) is 0 Å². The van der Waals surface area contributed by atoms with Gasteiger partial charge in [-0.05, 0) is 22.0 Å². The number of halogens is 5. The number of carbonyl (C=O) groups excluding carboxylic acids is 1. The van der Waals surface area contributed by atoms with E-state index in [-0.39, 0.29) is 16.0 Å². The highest BCUT2D eigenvalue weighted by Gasteiger charge is 2.50. The second-order valence-electron chi connectivity index (χ2n) is 3.44. The summed E-state index contributed by atoms with van der Waals surface area (Å²) in [5.41, 5.74) is -0.659. The van der Waals surface area contributed by atoms with Gasteiger partial charge in [0.25, 0.3) is 0 Å². The van der Waals surface area contributed by atoms with E-state index in [1.807, 2.05) is 0 Å². The van der Waals surface area contributed by atoms with Crippen LogP contribution >= 0.6 is 15.9 Å². The number of ether oxygens (including phenoxy) is 2. The molecular formula is C11H9BrF4O3. The van der Waals surface area contributed by atoms with Crippen molar-refractivity contribution in [1.29, 1.82) is 0 Å². The minimum atomic E-state index is -4.79. The molecule has 0 atom stereocenters. The van der Waals surface area contributed by atoms with Crippen LogP contribution in [0.2, 0.25) is 0 Å². The van der Waals surface area contributed by atoms with Crippen molar-refractivity contribution in [1.82, 2.24) is 0 Å². The van der Waals surface area contributed by atoms with Crippen molar-refractivity contribution in [2.24, 2.45) is 0 Å². The van der Waals surface area contributed by atoms with Crippen molar-refractivity contribution < 1.29 is 31.8 Å². The van der Waals surface area contributed by atoms with Gasteiger partial charge in [0, 0.05) is 10.5 Å². The molecule has 0 saturated carbocycles. The molecule has 0 saturated heterocycles. The molecule has 0 unspecified atom stereocenters. The van der Waals surface area contributed by atoms with Crippen molar-refractivity contribution in [2.45, 2.75) is 12.3 Å². The average Bonchev–Trinajstić information content (AvgIpc) is 2.36. The maximum absolute atomic E-state index is 13.1. The lowest BCUT2D eigenvalue weighted by Gasteiger charge is -2.17. The predicted octanol–water partition coefficient (Wildman–Crippen LogP) is 3.55. The van der Waals surface area contributed by atoms with E-state index in [9.17, 15) is 22.4 Å². The Bertz CT molecular complexity index is 491. The quantitative estimate of drug-likeness (QED) is 0.605. The van der Waals surface area contributed by atoms with Gasteiger partial charge in [0.05, 0.1) is 19.8 Å². The summed E-state index contributed by atoms with van der Waals surface area (Å²) in [4.78, 5) is 11.5. The SMILES string of the molecule is COc1cc(Br)c(C(=O)C(F)(F)C(F)F)c(OC)c1. The summed E-state index contributed by atoms with van der Waals surface area (Å²) in [5.74, 6) is -6.87. The predicted molar refractivity (Wildman–Crippen MR) is 62.5 cm³/mol. The van der Waals surface area contributed by atoms with Gasteiger partial charge < -0.3 is 9.47 Å². The molecule has 19 heavy (non-hydrogen) atoms.